The van der Waals surface area contributed by atoms with Crippen molar-refractivity contribution in [2.75, 3.05) is 13.1 Å². The van der Waals surface area contributed by atoms with Gasteiger partial charge in [-0.2, -0.15) is 0 Å². The van der Waals surface area contributed by atoms with Gasteiger partial charge in [0, 0.05) is 24.9 Å². The molecule has 1 aliphatic heterocycles. The zero-order chi connectivity index (χ0) is 14.3. The molecule has 2 amide bonds. The second-order valence-corrected chi connectivity index (χ2v) is 6.77. The van der Waals surface area contributed by atoms with Crippen molar-refractivity contribution in [1.29, 1.82) is 0 Å². The second-order valence-electron chi connectivity index (χ2n) is 6.77. The predicted molar refractivity (Wildman–Crippen MR) is 75.7 cm³/mol. The van der Waals surface area contributed by atoms with Gasteiger partial charge in [-0.3, -0.25) is 9.59 Å². The minimum Gasteiger partial charge on any atom is -0.351 e. The molecule has 5 nitrogen and oxygen atoms in total. The summed E-state index contributed by atoms with van der Waals surface area (Å²) in [4.78, 5) is 26.3. The number of hydrogen-bond donors (Lipinski definition) is 2. The first-order chi connectivity index (χ1) is 9.60. The minimum absolute atomic E-state index is 0.00169. The van der Waals surface area contributed by atoms with Crippen molar-refractivity contribution in [3.05, 3.63) is 0 Å². The van der Waals surface area contributed by atoms with Gasteiger partial charge in [-0.15, -0.1) is 0 Å². The number of likely N-dealkylation sites (tertiary alicyclic amines) is 1. The first kappa shape index (κ1) is 13.9. The van der Waals surface area contributed by atoms with Crippen LogP contribution in [0, 0.1) is 17.8 Å². The van der Waals surface area contributed by atoms with E-state index in [1.165, 1.54) is 0 Å². The van der Waals surface area contributed by atoms with Gasteiger partial charge >= 0.3 is 0 Å². The van der Waals surface area contributed by atoms with Crippen LogP contribution >= 0.6 is 0 Å². The Labute approximate surface area is 120 Å². The van der Waals surface area contributed by atoms with Gasteiger partial charge < -0.3 is 16.0 Å². The summed E-state index contributed by atoms with van der Waals surface area (Å²) in [6.45, 7) is 3.46. The van der Waals surface area contributed by atoms with E-state index in [0.29, 0.717) is 37.4 Å². The van der Waals surface area contributed by atoms with Crippen molar-refractivity contribution in [3.63, 3.8) is 0 Å². The Hall–Kier alpha value is -1.10. The lowest BCUT2D eigenvalue weighted by Crippen LogP contribution is -2.42. The molecule has 0 aromatic carbocycles. The molecule has 0 radical (unpaired) electrons. The average Bonchev–Trinajstić information content (AvgIpc) is 2.85. The number of carbonyl (C=O) groups is 2. The van der Waals surface area contributed by atoms with Crippen molar-refractivity contribution >= 4 is 11.8 Å². The smallest absolute Gasteiger partial charge is 0.225 e. The van der Waals surface area contributed by atoms with Crippen LogP contribution in [0.3, 0.4) is 0 Å². The van der Waals surface area contributed by atoms with Crippen LogP contribution in [0.1, 0.15) is 39.0 Å². The maximum atomic E-state index is 12.3. The lowest BCUT2D eigenvalue weighted by atomic mass is 9.95. The monoisotopic (exact) mass is 279 g/mol. The molecular weight excluding hydrogens is 254 g/mol. The zero-order valence-electron chi connectivity index (χ0n) is 12.2. The SMILES string of the molecule is CC1CC1N1CC(NC(=O)[C@@H]2CCC[C@@H]2CN)CC1=O. The van der Waals surface area contributed by atoms with Crippen LogP contribution in [0.5, 0.6) is 0 Å². The highest BCUT2D eigenvalue weighted by Gasteiger charge is 2.45. The van der Waals surface area contributed by atoms with E-state index in [2.05, 4.69) is 12.2 Å². The van der Waals surface area contributed by atoms with Crippen molar-refractivity contribution in [1.82, 2.24) is 10.2 Å². The molecule has 0 bridgehead atoms. The fourth-order valence-corrected chi connectivity index (χ4v) is 3.86. The third-order valence-corrected chi connectivity index (χ3v) is 5.27. The third-order valence-electron chi connectivity index (χ3n) is 5.27. The Morgan fingerprint density at radius 3 is 2.85 bits per heavy atom. The third kappa shape index (κ3) is 2.55. The molecule has 5 heteroatoms. The number of amides is 2. The van der Waals surface area contributed by atoms with E-state index in [0.717, 1.165) is 25.7 Å². The van der Waals surface area contributed by atoms with Crippen LogP contribution in [-0.4, -0.2) is 41.9 Å². The van der Waals surface area contributed by atoms with Gasteiger partial charge in [0.15, 0.2) is 0 Å². The molecule has 2 saturated carbocycles. The summed E-state index contributed by atoms with van der Waals surface area (Å²) >= 11 is 0. The Kier molecular flexibility index (Phi) is 3.71. The molecule has 3 rings (SSSR count). The molecule has 0 aromatic heterocycles. The molecule has 1 heterocycles. The van der Waals surface area contributed by atoms with Crippen LogP contribution < -0.4 is 11.1 Å². The molecule has 3 N–H and O–H groups in total. The molecule has 3 aliphatic rings. The highest BCUT2D eigenvalue weighted by Crippen LogP contribution is 2.37. The Morgan fingerprint density at radius 2 is 2.20 bits per heavy atom. The number of rotatable bonds is 4. The molecular formula is C15H25N3O2. The molecule has 1 saturated heterocycles. The van der Waals surface area contributed by atoms with E-state index in [9.17, 15) is 9.59 Å². The topological polar surface area (TPSA) is 75.4 Å². The van der Waals surface area contributed by atoms with Gasteiger partial charge in [0.05, 0.1) is 6.04 Å². The van der Waals surface area contributed by atoms with Crippen molar-refractivity contribution in [2.45, 2.75) is 51.1 Å². The predicted octanol–water partition coefficient (Wildman–Crippen LogP) is 0.487. The van der Waals surface area contributed by atoms with E-state index in [4.69, 9.17) is 5.73 Å². The van der Waals surface area contributed by atoms with Gasteiger partial charge in [-0.1, -0.05) is 13.3 Å². The summed E-state index contributed by atoms with van der Waals surface area (Å²) < 4.78 is 0. The van der Waals surface area contributed by atoms with Gasteiger partial charge in [0.2, 0.25) is 11.8 Å². The maximum Gasteiger partial charge on any atom is 0.225 e. The molecule has 3 unspecified atom stereocenters. The summed E-state index contributed by atoms with van der Waals surface area (Å²) in [5.41, 5.74) is 5.74. The van der Waals surface area contributed by atoms with Crippen LogP contribution in [0.15, 0.2) is 0 Å². The standard InChI is InChI=1S/C15H25N3O2/c1-9-5-13(9)18-8-11(6-14(18)19)17-15(20)12-4-2-3-10(12)7-16/h9-13H,2-8,16H2,1H3,(H,17,20)/t9?,10-,11?,12-,13?/m1/s1. The van der Waals surface area contributed by atoms with Gasteiger partial charge in [0.25, 0.3) is 0 Å². The Morgan fingerprint density at radius 1 is 1.45 bits per heavy atom. The maximum absolute atomic E-state index is 12.3. The van der Waals surface area contributed by atoms with Crippen molar-refractivity contribution in [2.24, 2.45) is 23.5 Å². The van der Waals surface area contributed by atoms with E-state index >= 15 is 0 Å². The van der Waals surface area contributed by atoms with Gasteiger partial charge in [-0.05, 0) is 37.6 Å². The molecule has 2 aliphatic carbocycles. The Balaban J connectivity index is 1.53. The summed E-state index contributed by atoms with van der Waals surface area (Å²) in [6.07, 6.45) is 4.68. The lowest BCUT2D eigenvalue weighted by Gasteiger charge is -2.21. The van der Waals surface area contributed by atoms with E-state index in [1.807, 2.05) is 4.90 Å². The van der Waals surface area contributed by atoms with Crippen LogP contribution in [0.25, 0.3) is 0 Å². The number of nitrogens with one attached hydrogen (secondary N) is 1. The summed E-state index contributed by atoms with van der Waals surface area (Å²) in [7, 11) is 0. The highest BCUT2D eigenvalue weighted by atomic mass is 16.2. The summed E-state index contributed by atoms with van der Waals surface area (Å²) in [5, 5.41) is 3.09. The normalized spacial score (nSPS) is 40.2. The molecule has 112 valence electrons. The largest absolute Gasteiger partial charge is 0.351 e. The number of nitrogens with zero attached hydrogens (tertiary/aromatic N) is 1. The van der Waals surface area contributed by atoms with E-state index in [-0.39, 0.29) is 23.8 Å². The minimum atomic E-state index is 0.00169. The number of nitrogens with two attached hydrogens (primary N) is 1. The quantitative estimate of drug-likeness (QED) is 0.786. The number of hydrogen-bond acceptors (Lipinski definition) is 3. The van der Waals surface area contributed by atoms with Crippen molar-refractivity contribution in [3.8, 4) is 0 Å². The molecule has 20 heavy (non-hydrogen) atoms. The fourth-order valence-electron chi connectivity index (χ4n) is 3.86. The van der Waals surface area contributed by atoms with E-state index < -0.39 is 0 Å². The highest BCUT2D eigenvalue weighted by molar-refractivity contribution is 5.84. The Bertz CT molecular complexity index is 412. The average molecular weight is 279 g/mol. The molecule has 0 spiro atoms. The number of carbonyl (C=O) groups excluding carboxylic acids is 2. The molecule has 3 fully saturated rings. The van der Waals surface area contributed by atoms with Crippen LogP contribution in [0.4, 0.5) is 0 Å². The van der Waals surface area contributed by atoms with Crippen molar-refractivity contribution < 1.29 is 9.59 Å². The second kappa shape index (κ2) is 5.35. The van der Waals surface area contributed by atoms with Gasteiger partial charge in [-0.25, -0.2) is 0 Å². The fraction of sp³-hybridized carbons (Fsp3) is 0.867. The first-order valence-electron chi connectivity index (χ1n) is 7.90. The van der Waals surface area contributed by atoms with Crippen LogP contribution in [0.2, 0.25) is 0 Å². The zero-order valence-corrected chi connectivity index (χ0v) is 12.2. The van der Waals surface area contributed by atoms with Gasteiger partial charge in [0.1, 0.15) is 0 Å². The first-order valence-corrected chi connectivity index (χ1v) is 7.90. The van der Waals surface area contributed by atoms with Crippen LogP contribution in [-0.2, 0) is 9.59 Å². The summed E-state index contributed by atoms with van der Waals surface area (Å²) in [5.74, 6) is 1.33. The molecule has 5 atom stereocenters. The van der Waals surface area contributed by atoms with E-state index in [1.54, 1.807) is 0 Å². The molecule has 0 aromatic rings. The summed E-state index contributed by atoms with van der Waals surface area (Å²) in [6, 6.07) is 0.425. The lowest BCUT2D eigenvalue weighted by molar-refractivity contribution is -0.128.